The Labute approximate surface area is 80.8 Å². The van der Waals surface area contributed by atoms with Crippen molar-refractivity contribution in [2.45, 2.75) is 6.61 Å². The molecule has 0 aliphatic heterocycles. The number of hydrogen-bond donors (Lipinski definition) is 1. The molecule has 0 aliphatic carbocycles. The number of ether oxygens (including phenoxy) is 2. The van der Waals surface area contributed by atoms with Crippen LogP contribution in [0.1, 0.15) is 16.1 Å². The average molecular weight is 204 g/mol. The lowest BCUT2D eigenvalue weighted by atomic mass is 10.3. The van der Waals surface area contributed by atoms with E-state index in [2.05, 4.69) is 9.72 Å². The molecule has 13 heavy (non-hydrogen) atoms. The highest BCUT2D eigenvalue weighted by Crippen LogP contribution is 2.17. The maximum atomic E-state index is 11.0. The largest absolute Gasteiger partial charge is 0.464 e. The number of hydrogen-bond acceptors (Lipinski definition) is 3. The quantitative estimate of drug-likeness (QED) is 0.760. The van der Waals surface area contributed by atoms with Gasteiger partial charge in [-0.05, 0) is 6.07 Å². The van der Waals surface area contributed by atoms with Crippen LogP contribution in [0.15, 0.2) is 6.07 Å². The predicted octanol–water partition coefficient (Wildman–Crippen LogP) is 1.60. The number of aromatic amines is 1. The molecule has 0 unspecified atom stereocenters. The van der Waals surface area contributed by atoms with Gasteiger partial charge in [-0.2, -0.15) is 0 Å². The number of nitrogens with one attached hydrogen (secondary N) is 1. The molecule has 1 N–H and O–H groups in total. The van der Waals surface area contributed by atoms with Crippen LogP contribution >= 0.6 is 11.6 Å². The van der Waals surface area contributed by atoms with Crippen molar-refractivity contribution >= 4 is 17.6 Å². The first-order valence-corrected chi connectivity index (χ1v) is 4.01. The second-order valence-corrected chi connectivity index (χ2v) is 2.82. The van der Waals surface area contributed by atoms with E-state index in [0.717, 1.165) is 5.56 Å². The summed E-state index contributed by atoms with van der Waals surface area (Å²) in [6.07, 6.45) is 0. The second kappa shape index (κ2) is 4.30. The summed E-state index contributed by atoms with van der Waals surface area (Å²) in [6, 6.07) is 1.61. The molecule has 0 saturated carbocycles. The maximum absolute atomic E-state index is 11.0. The topological polar surface area (TPSA) is 51.3 Å². The molecule has 4 nitrogen and oxygen atoms in total. The summed E-state index contributed by atoms with van der Waals surface area (Å²) in [4.78, 5) is 13.7. The summed E-state index contributed by atoms with van der Waals surface area (Å²) in [5.74, 6) is -0.441. The van der Waals surface area contributed by atoms with Gasteiger partial charge >= 0.3 is 5.97 Å². The zero-order chi connectivity index (χ0) is 9.84. The van der Waals surface area contributed by atoms with Crippen LogP contribution in [0.3, 0.4) is 0 Å². The van der Waals surface area contributed by atoms with Gasteiger partial charge in [0.25, 0.3) is 0 Å². The van der Waals surface area contributed by atoms with Crippen molar-refractivity contribution in [1.29, 1.82) is 0 Å². The highest BCUT2D eigenvalue weighted by Gasteiger charge is 2.12. The fourth-order valence-electron chi connectivity index (χ4n) is 0.953. The van der Waals surface area contributed by atoms with Gasteiger partial charge < -0.3 is 14.5 Å². The third-order valence-corrected chi connectivity index (χ3v) is 1.89. The average Bonchev–Trinajstić information content (AvgIpc) is 2.47. The van der Waals surface area contributed by atoms with E-state index in [4.69, 9.17) is 16.3 Å². The first-order chi connectivity index (χ1) is 6.19. The van der Waals surface area contributed by atoms with E-state index in [-0.39, 0.29) is 0 Å². The molecule has 0 aliphatic rings. The molecule has 1 aromatic rings. The Morgan fingerprint density at radius 3 is 2.85 bits per heavy atom. The molecule has 72 valence electrons. The summed E-state index contributed by atoms with van der Waals surface area (Å²) in [5, 5.41) is 0.405. The Kier molecular flexibility index (Phi) is 3.33. The fraction of sp³-hybridized carbons (Fsp3) is 0.375. The number of carbonyl (C=O) groups excluding carboxylic acids is 1. The first kappa shape index (κ1) is 10.1. The van der Waals surface area contributed by atoms with E-state index in [0.29, 0.717) is 17.5 Å². The van der Waals surface area contributed by atoms with Gasteiger partial charge in [0.1, 0.15) is 10.8 Å². The van der Waals surface area contributed by atoms with E-state index in [1.54, 1.807) is 13.2 Å². The molecule has 5 heteroatoms. The minimum absolute atomic E-state index is 0.333. The standard InChI is InChI=1S/C8H10ClNO3/c1-12-4-5-3-6(8(11)13-2)10-7(5)9/h3,10H,4H2,1-2H3. The van der Waals surface area contributed by atoms with E-state index >= 15 is 0 Å². The number of rotatable bonds is 3. The lowest BCUT2D eigenvalue weighted by Crippen LogP contribution is -2.00. The number of H-pyrrole nitrogens is 1. The van der Waals surface area contributed by atoms with E-state index in [9.17, 15) is 4.79 Å². The zero-order valence-electron chi connectivity index (χ0n) is 7.39. The molecule has 1 heterocycles. The normalized spacial score (nSPS) is 10.1. The van der Waals surface area contributed by atoms with Crippen LogP contribution in [-0.4, -0.2) is 25.2 Å². The van der Waals surface area contributed by atoms with Gasteiger partial charge in [0.2, 0.25) is 0 Å². The molecule has 0 bridgehead atoms. The molecule has 0 fully saturated rings. The van der Waals surface area contributed by atoms with E-state index in [1.807, 2.05) is 0 Å². The number of aromatic nitrogens is 1. The molecule has 0 atom stereocenters. The van der Waals surface area contributed by atoms with Crippen molar-refractivity contribution < 1.29 is 14.3 Å². The lowest BCUT2D eigenvalue weighted by molar-refractivity contribution is 0.0595. The van der Waals surface area contributed by atoms with Crippen molar-refractivity contribution in [3.05, 3.63) is 22.5 Å². The molecule has 0 amide bonds. The summed E-state index contributed by atoms with van der Waals surface area (Å²) < 4.78 is 9.39. The Morgan fingerprint density at radius 1 is 1.62 bits per heavy atom. The van der Waals surface area contributed by atoms with Crippen LogP contribution < -0.4 is 0 Å². The molecular weight excluding hydrogens is 194 g/mol. The Bertz CT molecular complexity index is 308. The van der Waals surface area contributed by atoms with Gasteiger partial charge in [-0.25, -0.2) is 4.79 Å². The minimum atomic E-state index is -0.441. The number of esters is 1. The van der Waals surface area contributed by atoms with E-state index < -0.39 is 5.97 Å². The van der Waals surface area contributed by atoms with Gasteiger partial charge in [-0.1, -0.05) is 11.6 Å². The minimum Gasteiger partial charge on any atom is -0.464 e. The summed E-state index contributed by atoms with van der Waals surface area (Å²) in [7, 11) is 2.87. The monoisotopic (exact) mass is 203 g/mol. The maximum Gasteiger partial charge on any atom is 0.354 e. The highest BCUT2D eigenvalue weighted by molar-refractivity contribution is 6.30. The van der Waals surface area contributed by atoms with Gasteiger partial charge in [-0.3, -0.25) is 0 Å². The number of halogens is 1. The van der Waals surface area contributed by atoms with Crippen molar-refractivity contribution in [3.63, 3.8) is 0 Å². The first-order valence-electron chi connectivity index (χ1n) is 3.63. The highest BCUT2D eigenvalue weighted by atomic mass is 35.5. The van der Waals surface area contributed by atoms with Crippen LogP contribution in [0.25, 0.3) is 0 Å². The van der Waals surface area contributed by atoms with Gasteiger partial charge in [0.15, 0.2) is 0 Å². The zero-order valence-corrected chi connectivity index (χ0v) is 8.14. The van der Waals surface area contributed by atoms with Crippen molar-refractivity contribution in [2.24, 2.45) is 0 Å². The van der Waals surface area contributed by atoms with Crippen molar-refractivity contribution in [2.75, 3.05) is 14.2 Å². The van der Waals surface area contributed by atoms with Crippen molar-refractivity contribution in [1.82, 2.24) is 4.98 Å². The van der Waals surface area contributed by atoms with Gasteiger partial charge in [0.05, 0.1) is 13.7 Å². The molecule has 0 spiro atoms. The smallest absolute Gasteiger partial charge is 0.354 e. The Balaban J connectivity index is 2.88. The third kappa shape index (κ3) is 2.23. The molecule has 1 rings (SSSR count). The third-order valence-electron chi connectivity index (χ3n) is 1.55. The van der Waals surface area contributed by atoms with E-state index in [1.165, 1.54) is 7.11 Å². The Hall–Kier alpha value is -1.00. The molecule has 0 saturated heterocycles. The lowest BCUT2D eigenvalue weighted by Gasteiger charge is -1.93. The molecule has 1 aromatic heterocycles. The van der Waals surface area contributed by atoms with Crippen LogP contribution in [0.2, 0.25) is 5.15 Å². The van der Waals surface area contributed by atoms with Gasteiger partial charge in [0, 0.05) is 12.7 Å². The van der Waals surface area contributed by atoms with Crippen LogP contribution in [0.4, 0.5) is 0 Å². The molecular formula is C8H10ClNO3. The number of methoxy groups -OCH3 is 2. The predicted molar refractivity (Wildman–Crippen MR) is 47.9 cm³/mol. The second-order valence-electron chi connectivity index (χ2n) is 2.45. The number of carbonyl (C=O) groups is 1. The fourth-order valence-corrected chi connectivity index (χ4v) is 1.16. The van der Waals surface area contributed by atoms with Crippen molar-refractivity contribution in [3.8, 4) is 0 Å². The summed E-state index contributed by atoms with van der Waals surface area (Å²) in [5.41, 5.74) is 1.07. The Morgan fingerprint density at radius 2 is 2.31 bits per heavy atom. The van der Waals surface area contributed by atoms with Crippen LogP contribution in [0, 0.1) is 0 Å². The van der Waals surface area contributed by atoms with Gasteiger partial charge in [-0.15, -0.1) is 0 Å². The SMILES string of the molecule is COCc1cc(C(=O)OC)[nH]c1Cl. The summed E-state index contributed by atoms with van der Waals surface area (Å²) in [6.45, 7) is 0.367. The van der Waals surface area contributed by atoms with Crippen LogP contribution in [0.5, 0.6) is 0 Å². The molecule has 0 radical (unpaired) electrons. The van der Waals surface area contributed by atoms with Crippen LogP contribution in [-0.2, 0) is 16.1 Å². The summed E-state index contributed by atoms with van der Waals surface area (Å²) >= 11 is 5.78. The molecule has 0 aromatic carbocycles.